The zero-order chi connectivity index (χ0) is 44.1. The summed E-state index contributed by atoms with van der Waals surface area (Å²) < 4.78 is 34.9. The molecule has 346 valence electrons. The summed E-state index contributed by atoms with van der Waals surface area (Å²) in [4.78, 5) is 36.2. The molecule has 0 spiro atoms. The van der Waals surface area contributed by atoms with Crippen LogP contribution >= 0.6 is 7.82 Å². The summed E-state index contributed by atoms with van der Waals surface area (Å²) in [7, 11) is 1.46. The van der Waals surface area contributed by atoms with Crippen LogP contribution in [0.5, 0.6) is 0 Å². The molecule has 0 aromatic heterocycles. The first-order chi connectivity index (χ1) is 27.1. The van der Waals surface area contributed by atoms with Gasteiger partial charge in [-0.3, -0.25) is 18.6 Å². The molecule has 9 nitrogen and oxygen atoms in total. The molecule has 0 aromatic carbocycles. The van der Waals surface area contributed by atoms with E-state index in [1.54, 1.807) is 0 Å². The lowest BCUT2D eigenvalue weighted by Crippen LogP contribution is -2.37. The van der Waals surface area contributed by atoms with Gasteiger partial charge in [0.25, 0.3) is 0 Å². The van der Waals surface area contributed by atoms with Crippen molar-refractivity contribution in [2.75, 3.05) is 47.5 Å². The number of carbonyl (C=O) groups excluding carboxylic acids is 2. The predicted molar refractivity (Wildman–Crippen MR) is 242 cm³/mol. The lowest BCUT2D eigenvalue weighted by Gasteiger charge is -2.24. The predicted octanol–water partition coefficient (Wildman–Crippen LogP) is 13.2. The van der Waals surface area contributed by atoms with Crippen molar-refractivity contribution in [3.63, 3.8) is 0 Å². The number of ether oxygens (including phenoxy) is 2. The molecule has 0 aliphatic rings. The maximum atomic E-state index is 13.1. The summed E-state index contributed by atoms with van der Waals surface area (Å²) in [5.74, 6) is 4.00. The zero-order valence-electron chi connectivity index (χ0n) is 40.4. The molecular formula is C48H97NO8P+. The molecule has 1 N–H and O–H groups in total. The number of esters is 2. The Labute approximate surface area is 359 Å². The third kappa shape index (κ3) is 36.8. The average molecular weight is 847 g/mol. The van der Waals surface area contributed by atoms with Gasteiger partial charge in [0.2, 0.25) is 0 Å². The second kappa shape index (κ2) is 32.7. The minimum Gasteiger partial charge on any atom is -0.462 e. The van der Waals surface area contributed by atoms with Gasteiger partial charge in [0.15, 0.2) is 6.10 Å². The van der Waals surface area contributed by atoms with Gasteiger partial charge in [0, 0.05) is 12.8 Å². The normalized spacial score (nSPS) is 17.0. The Balaban J connectivity index is 4.82. The summed E-state index contributed by atoms with van der Waals surface area (Å²) >= 11 is 0. The molecular weight excluding hydrogens is 750 g/mol. The molecule has 0 heterocycles. The molecule has 0 amide bonds. The van der Waals surface area contributed by atoms with E-state index in [1.165, 1.54) is 77.0 Å². The average Bonchev–Trinajstić information content (AvgIpc) is 3.08. The van der Waals surface area contributed by atoms with Crippen LogP contribution in [0.3, 0.4) is 0 Å². The number of hydrogen-bond acceptors (Lipinski definition) is 7. The van der Waals surface area contributed by atoms with Gasteiger partial charge in [-0.05, 0) is 47.3 Å². The number of nitrogens with zero attached hydrogens (tertiary/aromatic N) is 1. The van der Waals surface area contributed by atoms with Crippen LogP contribution in [0, 0.1) is 47.3 Å². The van der Waals surface area contributed by atoms with Crippen molar-refractivity contribution in [3.05, 3.63) is 0 Å². The first-order valence-electron chi connectivity index (χ1n) is 23.8. The second-order valence-corrected chi connectivity index (χ2v) is 22.3. The van der Waals surface area contributed by atoms with E-state index in [0.717, 1.165) is 62.2 Å². The Morgan fingerprint density at radius 2 is 0.845 bits per heavy atom. The van der Waals surface area contributed by atoms with Crippen molar-refractivity contribution in [2.45, 2.75) is 204 Å². The second-order valence-electron chi connectivity index (χ2n) is 20.8. The highest BCUT2D eigenvalue weighted by molar-refractivity contribution is 7.47. The molecule has 58 heavy (non-hydrogen) atoms. The fourth-order valence-corrected chi connectivity index (χ4v) is 8.34. The van der Waals surface area contributed by atoms with Crippen LogP contribution in [0.4, 0.5) is 0 Å². The van der Waals surface area contributed by atoms with Gasteiger partial charge in [0.1, 0.15) is 19.8 Å². The van der Waals surface area contributed by atoms with Gasteiger partial charge in [0.05, 0.1) is 27.7 Å². The SMILES string of the molecule is CC(C)CCC[C@@H](C)CCC[C@@H](C)CCC[C@H](C)CC(=O)OC[C@H](COP(=O)(O)OCC[N+](C)(C)C)OC(=O)C[C@@H](C)CCC[C@H](C)CCC[C@H](C)CCCC(C)C. The van der Waals surface area contributed by atoms with Gasteiger partial charge in [-0.2, -0.15) is 0 Å². The van der Waals surface area contributed by atoms with Crippen LogP contribution in [0.25, 0.3) is 0 Å². The largest absolute Gasteiger partial charge is 0.472 e. The first kappa shape index (κ1) is 57.0. The summed E-state index contributed by atoms with van der Waals surface area (Å²) in [5, 5.41) is 0. The maximum Gasteiger partial charge on any atom is 0.472 e. The standard InChI is InChI=1S/C48H96NO8P/c1-38(2)20-14-22-40(5)24-16-26-42(7)28-18-30-44(9)34-47(50)54-36-46(37-56-58(52,53)55-33-32-49(11,12)13)57-48(51)35-45(10)31-19-29-43(8)27-17-25-41(6)23-15-21-39(3)4/h38-46H,14-37H2,1-13H3/p+1/t40-,41-,42-,43-,44+,45+,46-/m1/s1. The van der Waals surface area contributed by atoms with Crippen molar-refractivity contribution in [1.82, 2.24) is 0 Å². The van der Waals surface area contributed by atoms with Gasteiger partial charge in [-0.25, -0.2) is 4.57 Å². The number of hydrogen-bond donors (Lipinski definition) is 1. The molecule has 0 fully saturated rings. The Hall–Kier alpha value is -0.990. The molecule has 0 saturated heterocycles. The van der Waals surface area contributed by atoms with E-state index in [4.69, 9.17) is 18.5 Å². The highest BCUT2D eigenvalue weighted by atomic mass is 31.2. The molecule has 0 saturated carbocycles. The van der Waals surface area contributed by atoms with E-state index in [2.05, 4.69) is 69.2 Å². The Morgan fingerprint density at radius 1 is 0.500 bits per heavy atom. The van der Waals surface area contributed by atoms with Crippen molar-refractivity contribution >= 4 is 19.8 Å². The van der Waals surface area contributed by atoms with E-state index in [1.807, 2.05) is 21.1 Å². The number of phosphoric ester groups is 1. The van der Waals surface area contributed by atoms with Crippen LogP contribution in [-0.2, 0) is 32.7 Å². The van der Waals surface area contributed by atoms with Crippen molar-refractivity contribution in [1.29, 1.82) is 0 Å². The highest BCUT2D eigenvalue weighted by Crippen LogP contribution is 2.43. The van der Waals surface area contributed by atoms with E-state index >= 15 is 0 Å². The molecule has 0 rings (SSSR count). The Kier molecular flexibility index (Phi) is 32.1. The lowest BCUT2D eigenvalue weighted by atomic mass is 9.91. The topological polar surface area (TPSA) is 108 Å². The van der Waals surface area contributed by atoms with E-state index in [0.29, 0.717) is 22.9 Å². The number of quaternary nitrogens is 1. The van der Waals surface area contributed by atoms with E-state index in [9.17, 15) is 19.0 Å². The number of likely N-dealkylation sites (N-methyl/N-ethyl adjacent to an activating group) is 1. The fourth-order valence-electron chi connectivity index (χ4n) is 7.60. The van der Waals surface area contributed by atoms with Gasteiger partial charge in [-0.15, -0.1) is 0 Å². The number of phosphoric acid groups is 1. The van der Waals surface area contributed by atoms with Crippen LogP contribution in [0.1, 0.15) is 198 Å². The molecule has 0 radical (unpaired) electrons. The third-order valence-corrected chi connectivity index (χ3v) is 12.7. The van der Waals surface area contributed by atoms with Gasteiger partial charge >= 0.3 is 19.8 Å². The summed E-state index contributed by atoms with van der Waals surface area (Å²) in [6, 6.07) is 0. The molecule has 0 aliphatic carbocycles. The van der Waals surface area contributed by atoms with Crippen molar-refractivity contribution in [2.24, 2.45) is 47.3 Å². The quantitative estimate of drug-likeness (QED) is 0.0372. The smallest absolute Gasteiger partial charge is 0.462 e. The third-order valence-electron chi connectivity index (χ3n) is 11.7. The summed E-state index contributed by atoms with van der Waals surface area (Å²) in [6.45, 7) is 22.7. The van der Waals surface area contributed by atoms with Crippen molar-refractivity contribution in [3.8, 4) is 0 Å². The summed E-state index contributed by atoms with van der Waals surface area (Å²) in [5.41, 5.74) is 0. The van der Waals surface area contributed by atoms with Gasteiger partial charge in [-0.1, -0.05) is 185 Å². The zero-order valence-corrected chi connectivity index (χ0v) is 41.3. The number of carbonyl (C=O) groups is 2. The van der Waals surface area contributed by atoms with Crippen LogP contribution in [0.2, 0.25) is 0 Å². The molecule has 0 aromatic rings. The van der Waals surface area contributed by atoms with Crippen LogP contribution < -0.4 is 0 Å². The first-order valence-corrected chi connectivity index (χ1v) is 25.3. The Bertz CT molecular complexity index is 1080. The lowest BCUT2D eigenvalue weighted by molar-refractivity contribution is -0.870. The fraction of sp³-hybridized carbons (Fsp3) is 0.958. The molecule has 0 aliphatic heterocycles. The van der Waals surface area contributed by atoms with Crippen molar-refractivity contribution < 1.29 is 42.1 Å². The minimum absolute atomic E-state index is 0.0266. The van der Waals surface area contributed by atoms with E-state index in [-0.39, 0.29) is 43.9 Å². The maximum absolute atomic E-state index is 13.1. The monoisotopic (exact) mass is 847 g/mol. The number of rotatable bonds is 38. The minimum atomic E-state index is -4.40. The van der Waals surface area contributed by atoms with Gasteiger partial charge < -0.3 is 18.9 Å². The van der Waals surface area contributed by atoms with Crippen LogP contribution in [-0.4, -0.2) is 74.9 Å². The molecule has 0 bridgehead atoms. The molecule has 8 atom stereocenters. The van der Waals surface area contributed by atoms with Crippen LogP contribution in [0.15, 0.2) is 0 Å². The Morgan fingerprint density at radius 3 is 1.21 bits per heavy atom. The van der Waals surface area contributed by atoms with E-state index < -0.39 is 26.5 Å². The molecule has 1 unspecified atom stereocenters. The highest BCUT2D eigenvalue weighted by Gasteiger charge is 2.28. The summed E-state index contributed by atoms with van der Waals surface area (Å²) in [6.07, 6.45) is 21.4. The molecule has 10 heteroatoms.